The fourth-order valence-corrected chi connectivity index (χ4v) is 2.09. The quantitative estimate of drug-likeness (QED) is 0.850. The van der Waals surface area contributed by atoms with E-state index in [1.165, 1.54) is 0 Å². The molecule has 1 rings (SSSR count). The Morgan fingerprint density at radius 2 is 2.24 bits per heavy atom. The van der Waals surface area contributed by atoms with Gasteiger partial charge in [0.15, 0.2) is 0 Å². The lowest BCUT2D eigenvalue weighted by molar-refractivity contribution is 0.260. The molecule has 92 valence electrons. The van der Waals surface area contributed by atoms with E-state index in [9.17, 15) is 0 Å². The average molecular weight is 296 g/mol. The zero-order valence-electron chi connectivity index (χ0n) is 10.3. The summed E-state index contributed by atoms with van der Waals surface area (Å²) < 4.78 is 0.961. The molecule has 0 saturated heterocycles. The minimum Gasteiger partial charge on any atom is -0.398 e. The first-order chi connectivity index (χ1) is 8.08. The molecule has 0 aliphatic rings. The third-order valence-corrected chi connectivity index (χ3v) is 3.67. The maximum absolute atomic E-state index is 8.84. The molecule has 4 heteroatoms. The van der Waals surface area contributed by atoms with Crippen LogP contribution in [-0.2, 0) is 6.54 Å². The predicted octanol–water partition coefficient (Wildman–Crippen LogP) is 3.01. The average Bonchev–Trinajstić information content (AvgIpc) is 2.33. The summed E-state index contributed by atoms with van der Waals surface area (Å²) in [5, 5.41) is 8.84. The Morgan fingerprint density at radius 1 is 1.53 bits per heavy atom. The van der Waals surface area contributed by atoms with Crippen molar-refractivity contribution in [2.75, 3.05) is 18.8 Å². The Bertz CT molecular complexity index is 412. The molecule has 0 saturated carbocycles. The molecule has 0 amide bonds. The van der Waals surface area contributed by atoms with Gasteiger partial charge in [-0.2, -0.15) is 5.26 Å². The topological polar surface area (TPSA) is 53.0 Å². The second-order valence-electron chi connectivity index (χ2n) is 4.18. The highest BCUT2D eigenvalue weighted by atomic mass is 79.9. The van der Waals surface area contributed by atoms with Gasteiger partial charge < -0.3 is 5.73 Å². The molecule has 0 aliphatic heterocycles. The van der Waals surface area contributed by atoms with Gasteiger partial charge in [-0.15, -0.1) is 0 Å². The van der Waals surface area contributed by atoms with E-state index in [2.05, 4.69) is 39.9 Å². The third-order valence-electron chi connectivity index (χ3n) is 2.70. The van der Waals surface area contributed by atoms with E-state index in [1.807, 2.05) is 19.1 Å². The number of anilines is 1. The summed E-state index contributed by atoms with van der Waals surface area (Å²) in [7, 11) is 0. The van der Waals surface area contributed by atoms with E-state index in [1.54, 1.807) is 0 Å². The molecular weight excluding hydrogens is 278 g/mol. The van der Waals surface area contributed by atoms with Crippen molar-refractivity contribution in [3.63, 3.8) is 0 Å². The van der Waals surface area contributed by atoms with E-state index >= 15 is 0 Å². The van der Waals surface area contributed by atoms with Crippen molar-refractivity contribution >= 4 is 21.6 Å². The summed E-state index contributed by atoms with van der Waals surface area (Å²) >= 11 is 3.50. The summed E-state index contributed by atoms with van der Waals surface area (Å²) in [5.41, 5.74) is 7.77. The normalized spacial score (nSPS) is 12.4. The number of nitrogens with zero attached hydrogens (tertiary/aromatic N) is 2. The van der Waals surface area contributed by atoms with Crippen molar-refractivity contribution in [3.05, 3.63) is 28.2 Å². The van der Waals surface area contributed by atoms with Crippen molar-refractivity contribution in [2.45, 2.75) is 20.4 Å². The molecule has 17 heavy (non-hydrogen) atoms. The van der Waals surface area contributed by atoms with Crippen LogP contribution in [0.25, 0.3) is 0 Å². The van der Waals surface area contributed by atoms with Crippen LogP contribution >= 0.6 is 15.9 Å². The van der Waals surface area contributed by atoms with Crippen molar-refractivity contribution < 1.29 is 0 Å². The molecule has 1 atom stereocenters. The Labute approximate surface area is 111 Å². The molecule has 0 aromatic heterocycles. The van der Waals surface area contributed by atoms with Gasteiger partial charge >= 0.3 is 0 Å². The number of nitriles is 1. The van der Waals surface area contributed by atoms with Crippen molar-refractivity contribution in [1.29, 1.82) is 5.26 Å². The van der Waals surface area contributed by atoms with Crippen LogP contribution in [0.15, 0.2) is 22.7 Å². The molecule has 0 radical (unpaired) electrons. The molecule has 1 aromatic rings. The molecule has 3 nitrogen and oxygen atoms in total. The fraction of sp³-hybridized carbons (Fsp3) is 0.462. The van der Waals surface area contributed by atoms with Crippen LogP contribution < -0.4 is 5.73 Å². The Hall–Kier alpha value is -1.05. The first-order valence-corrected chi connectivity index (χ1v) is 6.52. The maximum Gasteiger partial charge on any atom is 0.0666 e. The Kier molecular flexibility index (Phi) is 5.46. The maximum atomic E-state index is 8.84. The summed E-state index contributed by atoms with van der Waals surface area (Å²) in [6, 6.07) is 8.15. The highest BCUT2D eigenvalue weighted by molar-refractivity contribution is 9.10. The second-order valence-corrected chi connectivity index (χ2v) is 4.97. The standard InChI is InChI=1S/C13H18BrN3/c1-3-17(8-10(2)7-15)9-11-5-4-6-12(16)13(11)14/h4-6,10H,3,8-9,16H2,1-2H3. The number of nitrogen functional groups attached to an aromatic ring is 1. The highest BCUT2D eigenvalue weighted by Gasteiger charge is 2.11. The van der Waals surface area contributed by atoms with Crippen molar-refractivity contribution in [2.24, 2.45) is 5.92 Å². The largest absolute Gasteiger partial charge is 0.398 e. The Balaban J connectivity index is 2.74. The molecule has 2 N–H and O–H groups in total. The number of halogens is 1. The number of hydrogen-bond acceptors (Lipinski definition) is 3. The van der Waals surface area contributed by atoms with Gasteiger partial charge in [0, 0.05) is 23.2 Å². The molecular formula is C13H18BrN3. The fourth-order valence-electron chi connectivity index (χ4n) is 1.70. The lowest BCUT2D eigenvalue weighted by Gasteiger charge is -2.22. The van der Waals surface area contributed by atoms with Crippen molar-refractivity contribution in [3.8, 4) is 6.07 Å². The monoisotopic (exact) mass is 295 g/mol. The van der Waals surface area contributed by atoms with Gasteiger partial charge in [-0.25, -0.2) is 0 Å². The van der Waals surface area contributed by atoms with Crippen LogP contribution in [0.1, 0.15) is 19.4 Å². The predicted molar refractivity (Wildman–Crippen MR) is 74.3 cm³/mol. The smallest absolute Gasteiger partial charge is 0.0666 e. The first kappa shape index (κ1) is 14.0. The van der Waals surface area contributed by atoms with E-state index in [0.717, 1.165) is 35.4 Å². The number of nitrogens with two attached hydrogens (primary N) is 1. The molecule has 0 aliphatic carbocycles. The van der Waals surface area contributed by atoms with E-state index in [4.69, 9.17) is 11.0 Å². The van der Waals surface area contributed by atoms with E-state index in [-0.39, 0.29) is 5.92 Å². The van der Waals surface area contributed by atoms with E-state index < -0.39 is 0 Å². The van der Waals surface area contributed by atoms with Crippen LogP contribution in [-0.4, -0.2) is 18.0 Å². The molecule has 0 heterocycles. The molecule has 0 spiro atoms. The van der Waals surface area contributed by atoms with Crippen LogP contribution in [0.3, 0.4) is 0 Å². The van der Waals surface area contributed by atoms with Gasteiger partial charge in [0.25, 0.3) is 0 Å². The summed E-state index contributed by atoms with van der Waals surface area (Å²) in [5.74, 6) is 0.0507. The summed E-state index contributed by atoms with van der Waals surface area (Å²) in [6.45, 7) is 6.57. The van der Waals surface area contributed by atoms with Crippen molar-refractivity contribution in [1.82, 2.24) is 4.90 Å². The van der Waals surface area contributed by atoms with Gasteiger partial charge in [0.05, 0.1) is 12.0 Å². The number of rotatable bonds is 5. The molecule has 1 aromatic carbocycles. The molecule has 0 bridgehead atoms. The Morgan fingerprint density at radius 3 is 2.82 bits per heavy atom. The minimum absolute atomic E-state index is 0.0507. The van der Waals surface area contributed by atoms with Crippen LogP contribution in [0.5, 0.6) is 0 Å². The number of hydrogen-bond donors (Lipinski definition) is 1. The molecule has 0 fully saturated rings. The van der Waals surface area contributed by atoms with Crippen LogP contribution in [0.2, 0.25) is 0 Å². The lowest BCUT2D eigenvalue weighted by Crippen LogP contribution is -2.27. The zero-order chi connectivity index (χ0) is 12.8. The third kappa shape index (κ3) is 4.03. The molecule has 1 unspecified atom stereocenters. The zero-order valence-corrected chi connectivity index (χ0v) is 11.9. The van der Waals surface area contributed by atoms with E-state index in [0.29, 0.717) is 0 Å². The van der Waals surface area contributed by atoms with Crippen LogP contribution in [0.4, 0.5) is 5.69 Å². The van der Waals surface area contributed by atoms with Gasteiger partial charge in [-0.1, -0.05) is 19.1 Å². The first-order valence-electron chi connectivity index (χ1n) is 5.73. The number of benzene rings is 1. The van der Waals surface area contributed by atoms with Gasteiger partial charge in [0.2, 0.25) is 0 Å². The minimum atomic E-state index is 0.0507. The van der Waals surface area contributed by atoms with Gasteiger partial charge in [-0.3, -0.25) is 4.90 Å². The second kappa shape index (κ2) is 6.63. The lowest BCUT2D eigenvalue weighted by atomic mass is 10.1. The highest BCUT2D eigenvalue weighted by Crippen LogP contribution is 2.25. The SMILES string of the molecule is CCN(Cc1cccc(N)c1Br)CC(C)C#N. The van der Waals surface area contributed by atoms with Gasteiger partial charge in [-0.05, 0) is 41.0 Å². The summed E-state index contributed by atoms with van der Waals surface area (Å²) in [6.07, 6.45) is 0. The van der Waals surface area contributed by atoms with Crippen LogP contribution in [0, 0.1) is 17.2 Å². The van der Waals surface area contributed by atoms with Gasteiger partial charge in [0.1, 0.15) is 0 Å². The summed E-state index contributed by atoms with van der Waals surface area (Å²) in [4.78, 5) is 2.24.